The predicted octanol–water partition coefficient (Wildman–Crippen LogP) is 8.00. The third kappa shape index (κ3) is 12.4. The molecule has 1 aromatic heterocycles. The van der Waals surface area contributed by atoms with Crippen molar-refractivity contribution in [2.45, 2.75) is 95.9 Å². The van der Waals surface area contributed by atoms with E-state index in [1.54, 1.807) is 20.7 Å². The number of fused-ring (bicyclic) bond motifs is 1. The zero-order chi connectivity index (χ0) is 32.7. The largest absolute Gasteiger partial charge is 0.494 e. The van der Waals surface area contributed by atoms with E-state index in [9.17, 15) is 19.5 Å². The number of carbonyl (C=O) groups excluding carboxylic acids is 3. The van der Waals surface area contributed by atoms with Gasteiger partial charge in [-0.2, -0.15) is 0 Å². The van der Waals surface area contributed by atoms with Gasteiger partial charge in [0.15, 0.2) is 0 Å². The van der Waals surface area contributed by atoms with Crippen molar-refractivity contribution in [3.05, 3.63) is 58.5 Å². The van der Waals surface area contributed by atoms with Gasteiger partial charge in [0.05, 0.1) is 38.3 Å². The van der Waals surface area contributed by atoms with E-state index < -0.39 is 24.0 Å². The molecule has 1 fully saturated rings. The molecule has 4 rings (SSSR count). The molecule has 2 aliphatic rings. The highest BCUT2D eigenvalue weighted by molar-refractivity contribution is 7.80. The molecule has 1 N–H and O–H groups in total. The Morgan fingerprint density at radius 2 is 1.76 bits per heavy atom. The topological polar surface area (TPSA) is 108 Å². The van der Waals surface area contributed by atoms with Crippen molar-refractivity contribution in [2.24, 2.45) is 11.8 Å². The first kappa shape index (κ1) is 36.0. The number of carbonyl (C=O) groups is 3. The summed E-state index contributed by atoms with van der Waals surface area (Å²) in [4.78, 5) is 37.9. The smallest absolute Gasteiger partial charge is 0.330 e. The maximum Gasteiger partial charge on any atom is 0.330 e. The summed E-state index contributed by atoms with van der Waals surface area (Å²) in [6.45, 7) is 2.81. The lowest BCUT2D eigenvalue weighted by atomic mass is 9.90. The van der Waals surface area contributed by atoms with E-state index in [0.29, 0.717) is 26.1 Å². The molecule has 5 atom stereocenters. The molecule has 0 amide bonds. The molecule has 0 spiro atoms. The van der Waals surface area contributed by atoms with Gasteiger partial charge < -0.3 is 24.1 Å². The van der Waals surface area contributed by atoms with Crippen molar-refractivity contribution in [1.82, 2.24) is 0 Å². The van der Waals surface area contributed by atoms with Crippen LogP contribution in [0.15, 0.2) is 54.6 Å². The molecule has 0 bridgehead atoms. The van der Waals surface area contributed by atoms with Crippen LogP contribution in [0.4, 0.5) is 0 Å². The molecule has 0 saturated heterocycles. The zero-order valence-corrected chi connectivity index (χ0v) is 28.8. The van der Waals surface area contributed by atoms with Crippen molar-refractivity contribution < 1.29 is 38.4 Å². The summed E-state index contributed by atoms with van der Waals surface area (Å²) in [5.41, 5.74) is 1.14. The molecule has 46 heavy (non-hydrogen) atoms. The van der Waals surface area contributed by atoms with E-state index >= 15 is 0 Å². The Bertz CT molecular complexity index is 1380. The predicted molar refractivity (Wildman–Crippen MR) is 182 cm³/mol. The Morgan fingerprint density at radius 3 is 2.52 bits per heavy atom. The molecule has 2 aromatic rings. The maximum atomic E-state index is 12.5. The minimum absolute atomic E-state index is 0.0212. The SMILES string of the molecule is C[C@H]1CCC/C=C/[C@@H]2C[C@H](OC(=O)CCC(=O)OCCCCCCOc3ccc(-c4cc(=S)ss4)cc3)C[C@H]2[C@H](O)/C=C/C(=O)O1. The van der Waals surface area contributed by atoms with Crippen molar-refractivity contribution in [1.29, 1.82) is 0 Å². The summed E-state index contributed by atoms with van der Waals surface area (Å²) in [5, 5.41) is 10.8. The molecule has 1 aliphatic carbocycles. The number of aliphatic hydroxyl groups excluding tert-OH is 1. The van der Waals surface area contributed by atoms with E-state index in [1.807, 2.05) is 37.3 Å². The summed E-state index contributed by atoms with van der Waals surface area (Å²) in [6.07, 6.45) is 12.6. The zero-order valence-electron chi connectivity index (χ0n) is 26.3. The minimum atomic E-state index is -0.861. The Morgan fingerprint density at radius 1 is 1.00 bits per heavy atom. The molecule has 8 nitrogen and oxygen atoms in total. The van der Waals surface area contributed by atoms with Crippen molar-refractivity contribution in [2.75, 3.05) is 13.2 Å². The number of esters is 3. The van der Waals surface area contributed by atoms with Gasteiger partial charge >= 0.3 is 17.9 Å². The fourth-order valence-electron chi connectivity index (χ4n) is 5.72. The van der Waals surface area contributed by atoms with Gasteiger partial charge in [0, 0.05) is 11.0 Å². The normalized spacial score (nSPS) is 24.7. The first-order valence-electron chi connectivity index (χ1n) is 16.2. The fraction of sp³-hybridized carbons (Fsp3) is 0.543. The number of hydrogen-bond acceptors (Lipinski definition) is 11. The Labute approximate surface area is 283 Å². The minimum Gasteiger partial charge on any atom is -0.494 e. The number of cyclic esters (lactones) is 1. The van der Waals surface area contributed by atoms with E-state index in [1.165, 1.54) is 17.0 Å². The highest BCUT2D eigenvalue weighted by atomic mass is 32.9. The van der Waals surface area contributed by atoms with Crippen LogP contribution in [0.2, 0.25) is 0 Å². The quantitative estimate of drug-likeness (QED) is 0.0559. The van der Waals surface area contributed by atoms with Crippen LogP contribution in [-0.2, 0) is 28.6 Å². The molecule has 1 aromatic carbocycles. The monoisotopic (exact) mass is 688 g/mol. The van der Waals surface area contributed by atoms with Gasteiger partial charge in [0.2, 0.25) is 0 Å². The van der Waals surface area contributed by atoms with E-state index in [-0.39, 0.29) is 36.9 Å². The van der Waals surface area contributed by atoms with Gasteiger partial charge in [-0.15, -0.1) is 0 Å². The number of aliphatic hydroxyl groups is 1. The summed E-state index contributed by atoms with van der Waals surface area (Å²) >= 11 is 5.21. The van der Waals surface area contributed by atoms with E-state index in [0.717, 1.165) is 60.1 Å². The van der Waals surface area contributed by atoms with E-state index in [2.05, 4.69) is 12.2 Å². The summed E-state index contributed by atoms with van der Waals surface area (Å²) in [5.74, 6) is -0.647. The molecule has 0 radical (unpaired) electrons. The maximum absolute atomic E-state index is 12.5. The molecule has 2 heterocycles. The van der Waals surface area contributed by atoms with Crippen LogP contribution in [0, 0.1) is 15.7 Å². The molecule has 11 heteroatoms. The Kier molecular flexibility index (Phi) is 14.9. The highest BCUT2D eigenvalue weighted by Crippen LogP contribution is 2.38. The number of rotatable bonds is 13. The standard InChI is InChI=1S/C35H44O8S3/c1-24-9-5-4-6-10-26-21-28(22-29(26)30(36)15-16-33(38)42-24)43-34(39)18-17-32(37)41-20-8-3-2-7-19-40-27-13-11-25(12-14-27)31-23-35(44)46-45-31/h6,10-16,23-24,26,28-30,36H,2-5,7-9,17-22H2,1H3/b10-6+,16-15+/t24-,26+,28-,29+,30+/m0/s1. The number of benzene rings is 1. The Hall–Kier alpha value is -2.86. The third-order valence-electron chi connectivity index (χ3n) is 8.17. The lowest BCUT2D eigenvalue weighted by molar-refractivity contribution is -0.153. The molecule has 1 aliphatic heterocycles. The summed E-state index contributed by atoms with van der Waals surface area (Å²) < 4.78 is 23.1. The number of allylic oxidation sites excluding steroid dienone is 2. The van der Waals surface area contributed by atoms with Gasteiger partial charge in [-0.1, -0.05) is 45.1 Å². The van der Waals surface area contributed by atoms with Crippen LogP contribution < -0.4 is 4.74 Å². The molecular weight excluding hydrogens is 645 g/mol. The summed E-state index contributed by atoms with van der Waals surface area (Å²) in [7, 11) is 3.29. The number of hydrogen-bond donors (Lipinski definition) is 1. The second-order valence-corrected chi connectivity index (χ2v) is 14.8. The first-order valence-corrected chi connectivity index (χ1v) is 18.7. The average Bonchev–Trinajstić information content (AvgIpc) is 3.65. The third-order valence-corrected chi connectivity index (χ3v) is 11.1. The molecular formula is C35H44O8S3. The Balaban J connectivity index is 1.06. The van der Waals surface area contributed by atoms with E-state index in [4.69, 9.17) is 31.2 Å². The average molecular weight is 689 g/mol. The van der Waals surface area contributed by atoms with Crippen molar-refractivity contribution in [3.63, 3.8) is 0 Å². The van der Waals surface area contributed by atoms with Gasteiger partial charge in [-0.3, -0.25) is 9.59 Å². The first-order chi connectivity index (χ1) is 22.3. The lowest BCUT2D eigenvalue weighted by Gasteiger charge is -2.19. The highest BCUT2D eigenvalue weighted by Gasteiger charge is 2.38. The second-order valence-electron chi connectivity index (χ2n) is 11.9. The van der Waals surface area contributed by atoms with Crippen molar-refractivity contribution >= 4 is 50.8 Å². The second kappa shape index (κ2) is 19.1. The molecule has 250 valence electrons. The fourth-order valence-corrected chi connectivity index (χ4v) is 8.12. The molecule has 0 unspecified atom stereocenters. The van der Waals surface area contributed by atoms with Crippen LogP contribution in [-0.4, -0.2) is 54.5 Å². The lowest BCUT2D eigenvalue weighted by Crippen LogP contribution is -2.22. The van der Waals surface area contributed by atoms with Gasteiger partial charge in [0.1, 0.15) is 15.7 Å². The van der Waals surface area contributed by atoms with Gasteiger partial charge in [-0.05, 0) is 119 Å². The summed E-state index contributed by atoms with van der Waals surface area (Å²) in [6, 6.07) is 10.1. The van der Waals surface area contributed by atoms with Gasteiger partial charge in [0.25, 0.3) is 0 Å². The van der Waals surface area contributed by atoms with Crippen LogP contribution in [0.5, 0.6) is 5.75 Å². The van der Waals surface area contributed by atoms with Gasteiger partial charge in [-0.25, -0.2) is 4.79 Å². The van der Waals surface area contributed by atoms with Crippen LogP contribution in [0.25, 0.3) is 10.4 Å². The van der Waals surface area contributed by atoms with Crippen molar-refractivity contribution in [3.8, 4) is 16.2 Å². The number of ether oxygens (including phenoxy) is 4. The van der Waals surface area contributed by atoms with Crippen LogP contribution in [0.3, 0.4) is 0 Å². The number of unbranched alkanes of at least 4 members (excludes halogenated alkanes) is 3. The van der Waals surface area contributed by atoms with Crippen LogP contribution in [0.1, 0.15) is 77.6 Å². The molecule has 1 saturated carbocycles. The van der Waals surface area contributed by atoms with Crippen LogP contribution >= 0.6 is 32.9 Å².